The summed E-state index contributed by atoms with van der Waals surface area (Å²) in [5.41, 5.74) is 4.34. The van der Waals surface area contributed by atoms with Gasteiger partial charge in [0.05, 0.1) is 48.8 Å². The van der Waals surface area contributed by atoms with Crippen molar-refractivity contribution in [3.8, 4) is 23.0 Å². The van der Waals surface area contributed by atoms with Crippen LogP contribution in [-0.2, 0) is 20.9 Å². The zero-order valence-electron chi connectivity index (χ0n) is 21.8. The van der Waals surface area contributed by atoms with Crippen molar-refractivity contribution in [1.82, 2.24) is 0 Å². The summed E-state index contributed by atoms with van der Waals surface area (Å²) < 4.78 is 33.6. The van der Waals surface area contributed by atoms with Gasteiger partial charge in [0.15, 0.2) is 23.0 Å². The Morgan fingerprint density at radius 1 is 0.757 bits per heavy atom. The van der Waals surface area contributed by atoms with Crippen LogP contribution in [0.15, 0.2) is 66.2 Å². The van der Waals surface area contributed by atoms with Crippen molar-refractivity contribution in [3.05, 3.63) is 88.5 Å². The molecule has 0 heterocycles. The lowest BCUT2D eigenvalue weighted by Crippen LogP contribution is -2.29. The largest absolute Gasteiger partial charge is 0.493 e. The molecule has 194 valence electrons. The van der Waals surface area contributed by atoms with Crippen LogP contribution in [-0.4, -0.2) is 48.1 Å². The predicted molar refractivity (Wildman–Crippen MR) is 141 cm³/mol. The van der Waals surface area contributed by atoms with Gasteiger partial charge in [-0.25, -0.2) is 4.79 Å². The first-order valence-electron chi connectivity index (χ1n) is 11.9. The maximum Gasteiger partial charge on any atom is 0.334 e. The summed E-state index contributed by atoms with van der Waals surface area (Å²) in [6.45, 7) is 0.714. The maximum absolute atomic E-state index is 13.1. The first kappa shape index (κ1) is 26.1. The molecule has 0 unspecified atom stereocenters. The number of carbonyl (C=O) groups is 1. The summed E-state index contributed by atoms with van der Waals surface area (Å²) in [4.78, 5) is 13.1. The molecule has 3 aromatic carbocycles. The van der Waals surface area contributed by atoms with Gasteiger partial charge in [-0.05, 0) is 52.6 Å². The zero-order valence-corrected chi connectivity index (χ0v) is 21.8. The molecule has 0 aliphatic heterocycles. The van der Waals surface area contributed by atoms with Crippen LogP contribution in [0.25, 0.3) is 6.08 Å². The molecule has 0 aromatic heterocycles. The average molecular weight is 505 g/mol. The number of benzene rings is 3. The van der Waals surface area contributed by atoms with Gasteiger partial charge in [0.25, 0.3) is 0 Å². The van der Waals surface area contributed by atoms with Crippen LogP contribution in [0.2, 0.25) is 0 Å². The molecule has 7 nitrogen and oxygen atoms in total. The van der Waals surface area contributed by atoms with E-state index in [1.165, 1.54) is 7.11 Å². The highest BCUT2D eigenvalue weighted by Gasteiger charge is 2.38. The summed E-state index contributed by atoms with van der Waals surface area (Å²) in [5, 5.41) is 0. The number of hydrogen-bond acceptors (Lipinski definition) is 7. The van der Waals surface area contributed by atoms with E-state index in [0.29, 0.717) is 41.8 Å². The first-order chi connectivity index (χ1) is 18.0. The van der Waals surface area contributed by atoms with E-state index in [-0.39, 0.29) is 11.8 Å². The number of ether oxygens (including phenoxy) is 6. The highest BCUT2D eigenvalue weighted by atomic mass is 16.5. The first-order valence-corrected chi connectivity index (χ1v) is 11.9. The molecule has 0 amide bonds. The Bertz CT molecular complexity index is 1270. The molecule has 0 saturated heterocycles. The van der Waals surface area contributed by atoms with Crippen LogP contribution in [0.4, 0.5) is 0 Å². The number of hydrogen-bond donors (Lipinski definition) is 0. The molecule has 0 bridgehead atoms. The molecule has 0 saturated carbocycles. The fraction of sp³-hybridized carbons (Fsp3) is 0.300. The van der Waals surface area contributed by atoms with Gasteiger partial charge in [-0.15, -0.1) is 0 Å². The van der Waals surface area contributed by atoms with E-state index < -0.39 is 5.97 Å². The molecular weight excluding hydrogens is 472 g/mol. The summed E-state index contributed by atoms with van der Waals surface area (Å²) in [5.74, 6) is 1.40. The molecule has 0 radical (unpaired) electrons. The Kier molecular flexibility index (Phi) is 8.36. The monoisotopic (exact) mass is 504 g/mol. The van der Waals surface area contributed by atoms with Crippen molar-refractivity contribution in [2.24, 2.45) is 5.92 Å². The lowest BCUT2D eigenvalue weighted by molar-refractivity contribution is -0.137. The van der Waals surface area contributed by atoms with E-state index in [1.807, 2.05) is 66.7 Å². The Hall–Kier alpha value is -3.97. The lowest BCUT2D eigenvalue weighted by atomic mass is 9.71. The standard InChI is InChI=1S/C30H32O7/c1-32-25-12-11-20(14-26(25)33-2)29-22-16-28(35-4)27(34-3)15-21(22)13-23(30(31)36-5)24(29)18-37-17-19-9-7-6-8-10-19/h6-16,24,29H,17-18H2,1-5H3/t24-,29-/m1/s1. The Labute approximate surface area is 217 Å². The van der Waals surface area contributed by atoms with Crippen LogP contribution < -0.4 is 18.9 Å². The molecule has 1 aliphatic rings. The molecule has 7 heteroatoms. The second-order valence-electron chi connectivity index (χ2n) is 8.63. The third-order valence-corrected chi connectivity index (χ3v) is 6.63. The van der Waals surface area contributed by atoms with Gasteiger partial charge >= 0.3 is 5.97 Å². The van der Waals surface area contributed by atoms with E-state index in [0.717, 1.165) is 22.3 Å². The average Bonchev–Trinajstić information content (AvgIpc) is 2.95. The Morgan fingerprint density at radius 2 is 1.41 bits per heavy atom. The molecule has 2 atom stereocenters. The van der Waals surface area contributed by atoms with E-state index in [2.05, 4.69) is 0 Å². The normalized spacial score (nSPS) is 16.3. The molecule has 37 heavy (non-hydrogen) atoms. The van der Waals surface area contributed by atoms with Crippen molar-refractivity contribution < 1.29 is 33.2 Å². The molecule has 0 N–H and O–H groups in total. The fourth-order valence-electron chi connectivity index (χ4n) is 4.83. The second kappa shape index (κ2) is 11.8. The fourth-order valence-corrected chi connectivity index (χ4v) is 4.83. The minimum atomic E-state index is -0.403. The van der Waals surface area contributed by atoms with Gasteiger partial charge in [-0.1, -0.05) is 36.4 Å². The molecular formula is C30H32O7. The predicted octanol–water partition coefficient (Wildman–Crippen LogP) is 5.26. The third kappa shape index (κ3) is 5.42. The number of carbonyl (C=O) groups excluding carboxylic acids is 1. The van der Waals surface area contributed by atoms with E-state index in [1.54, 1.807) is 28.4 Å². The maximum atomic E-state index is 13.1. The highest BCUT2D eigenvalue weighted by Crippen LogP contribution is 2.48. The summed E-state index contributed by atoms with van der Waals surface area (Å²) in [6, 6.07) is 19.6. The number of esters is 1. The quantitative estimate of drug-likeness (QED) is 0.349. The smallest absolute Gasteiger partial charge is 0.334 e. The van der Waals surface area contributed by atoms with Crippen molar-refractivity contribution in [2.45, 2.75) is 12.5 Å². The molecule has 3 aromatic rings. The van der Waals surface area contributed by atoms with E-state index >= 15 is 0 Å². The molecule has 0 spiro atoms. The van der Waals surface area contributed by atoms with Crippen molar-refractivity contribution in [1.29, 1.82) is 0 Å². The summed E-state index contributed by atoms with van der Waals surface area (Å²) in [6.07, 6.45) is 1.86. The number of methoxy groups -OCH3 is 5. The van der Waals surface area contributed by atoms with E-state index in [9.17, 15) is 4.79 Å². The summed E-state index contributed by atoms with van der Waals surface area (Å²) in [7, 11) is 7.78. The van der Waals surface area contributed by atoms with Gasteiger partial charge in [0.1, 0.15) is 0 Å². The minimum absolute atomic E-state index is 0.260. The van der Waals surface area contributed by atoms with Gasteiger partial charge in [0.2, 0.25) is 0 Å². The third-order valence-electron chi connectivity index (χ3n) is 6.63. The van der Waals surface area contributed by atoms with Crippen LogP contribution in [0.5, 0.6) is 23.0 Å². The number of rotatable bonds is 10. The lowest BCUT2D eigenvalue weighted by Gasteiger charge is -2.34. The van der Waals surface area contributed by atoms with E-state index in [4.69, 9.17) is 28.4 Å². The van der Waals surface area contributed by atoms with Gasteiger partial charge < -0.3 is 28.4 Å². The van der Waals surface area contributed by atoms with Crippen LogP contribution >= 0.6 is 0 Å². The van der Waals surface area contributed by atoms with Crippen molar-refractivity contribution >= 4 is 12.0 Å². The second-order valence-corrected chi connectivity index (χ2v) is 8.63. The Morgan fingerprint density at radius 3 is 2.05 bits per heavy atom. The van der Waals surface area contributed by atoms with Crippen molar-refractivity contribution in [3.63, 3.8) is 0 Å². The van der Waals surface area contributed by atoms with Crippen molar-refractivity contribution in [2.75, 3.05) is 42.2 Å². The molecule has 0 fully saturated rings. The van der Waals surface area contributed by atoms with Crippen LogP contribution in [0.3, 0.4) is 0 Å². The van der Waals surface area contributed by atoms with Crippen LogP contribution in [0, 0.1) is 5.92 Å². The number of fused-ring (bicyclic) bond motifs is 1. The zero-order chi connectivity index (χ0) is 26.4. The highest BCUT2D eigenvalue weighted by molar-refractivity contribution is 5.96. The molecule has 1 aliphatic carbocycles. The Balaban J connectivity index is 1.85. The SMILES string of the molecule is COC(=O)C1=Cc2cc(OC)c(OC)cc2[C@@H](c2ccc(OC)c(OC)c2)[C@@H]1COCc1ccccc1. The summed E-state index contributed by atoms with van der Waals surface area (Å²) >= 11 is 0. The van der Waals surface area contributed by atoms with Crippen LogP contribution in [0.1, 0.15) is 28.2 Å². The molecule has 4 rings (SSSR count). The topological polar surface area (TPSA) is 72.5 Å². The minimum Gasteiger partial charge on any atom is -0.493 e. The van der Waals surface area contributed by atoms with Gasteiger partial charge in [0, 0.05) is 17.4 Å². The van der Waals surface area contributed by atoms with Gasteiger partial charge in [-0.3, -0.25) is 0 Å². The van der Waals surface area contributed by atoms with Gasteiger partial charge in [-0.2, -0.15) is 0 Å².